The summed E-state index contributed by atoms with van der Waals surface area (Å²) in [6.45, 7) is 6.36. The number of hydrogen-bond acceptors (Lipinski definition) is 3. The van der Waals surface area contributed by atoms with Crippen LogP contribution in [0.3, 0.4) is 0 Å². The van der Waals surface area contributed by atoms with Crippen molar-refractivity contribution in [1.82, 2.24) is 10.6 Å². The maximum Gasteiger partial charge on any atom is 0.327 e. The van der Waals surface area contributed by atoms with Gasteiger partial charge in [-0.2, -0.15) is 0 Å². The van der Waals surface area contributed by atoms with Crippen molar-refractivity contribution in [2.75, 3.05) is 13.1 Å². The van der Waals surface area contributed by atoms with Gasteiger partial charge in [-0.3, -0.25) is 4.79 Å². The number of carboxylic acid groups (broad SMARTS) is 1. The lowest BCUT2D eigenvalue weighted by molar-refractivity contribution is -0.141. The second kappa shape index (κ2) is 6.37. The maximum atomic E-state index is 10.7. The number of rotatable bonds is 6. The summed E-state index contributed by atoms with van der Waals surface area (Å²) in [5.41, 5.74) is 0. The molecular weight excluding hydrogens is 184 g/mol. The molecule has 0 aliphatic heterocycles. The molecule has 1 atom stereocenters. The molecule has 0 spiro atoms. The molecule has 0 bridgehead atoms. The highest BCUT2D eigenvalue weighted by atomic mass is 16.4. The Morgan fingerprint density at radius 3 is 2.21 bits per heavy atom. The van der Waals surface area contributed by atoms with Gasteiger partial charge in [0.25, 0.3) is 0 Å². The van der Waals surface area contributed by atoms with Crippen molar-refractivity contribution in [3.8, 4) is 0 Å². The van der Waals surface area contributed by atoms with E-state index in [0.29, 0.717) is 5.92 Å². The third kappa shape index (κ3) is 6.42. The highest BCUT2D eigenvalue weighted by Crippen LogP contribution is 1.88. The van der Waals surface area contributed by atoms with Crippen LogP contribution in [0.5, 0.6) is 0 Å². The molecule has 0 rings (SSSR count). The fraction of sp³-hybridized carbons (Fsp3) is 0.778. The number of aliphatic carboxylic acids is 1. The fourth-order valence-corrected chi connectivity index (χ4v) is 0.962. The van der Waals surface area contributed by atoms with Gasteiger partial charge in [-0.15, -0.1) is 0 Å². The normalized spacial score (nSPS) is 12.6. The zero-order valence-electron chi connectivity index (χ0n) is 8.83. The lowest BCUT2D eigenvalue weighted by Gasteiger charge is -2.14. The lowest BCUT2D eigenvalue weighted by Crippen LogP contribution is -2.47. The average Bonchev–Trinajstić information content (AvgIpc) is 2.00. The Labute approximate surface area is 83.9 Å². The van der Waals surface area contributed by atoms with E-state index in [1.165, 1.54) is 6.92 Å². The van der Waals surface area contributed by atoms with Gasteiger partial charge < -0.3 is 15.7 Å². The Kier molecular flexibility index (Phi) is 5.87. The average molecular weight is 202 g/mol. The maximum absolute atomic E-state index is 10.7. The van der Waals surface area contributed by atoms with Crippen LogP contribution >= 0.6 is 0 Å². The van der Waals surface area contributed by atoms with Crippen LogP contribution in [0.2, 0.25) is 0 Å². The molecule has 0 aromatic carbocycles. The van der Waals surface area contributed by atoms with Gasteiger partial charge in [-0.25, -0.2) is 4.79 Å². The number of carbonyl (C=O) groups is 2. The Balaban J connectivity index is 3.86. The van der Waals surface area contributed by atoms with Gasteiger partial charge >= 0.3 is 5.97 Å². The van der Waals surface area contributed by atoms with E-state index in [9.17, 15) is 9.59 Å². The van der Waals surface area contributed by atoms with Crippen molar-refractivity contribution >= 4 is 11.9 Å². The molecular formula is C9H18N2O3. The standard InChI is InChI=1S/C9H18N2O3/c1-6(2)4-10-5-8(9(13)14)11-7(3)12/h6,8,10H,4-5H2,1-3H3,(H,11,12)(H,13,14). The van der Waals surface area contributed by atoms with E-state index in [0.717, 1.165) is 6.54 Å². The molecule has 3 N–H and O–H groups in total. The number of amides is 1. The summed E-state index contributed by atoms with van der Waals surface area (Å²) in [5.74, 6) is -0.887. The molecule has 1 amide bonds. The summed E-state index contributed by atoms with van der Waals surface area (Å²) >= 11 is 0. The number of nitrogens with one attached hydrogen (secondary N) is 2. The molecule has 0 saturated heterocycles. The van der Waals surface area contributed by atoms with Crippen molar-refractivity contribution in [3.05, 3.63) is 0 Å². The minimum Gasteiger partial charge on any atom is -0.480 e. The zero-order valence-corrected chi connectivity index (χ0v) is 8.83. The van der Waals surface area contributed by atoms with Crippen LogP contribution < -0.4 is 10.6 Å². The van der Waals surface area contributed by atoms with E-state index < -0.39 is 12.0 Å². The van der Waals surface area contributed by atoms with Gasteiger partial charge in [0.2, 0.25) is 5.91 Å². The van der Waals surface area contributed by atoms with Gasteiger partial charge in [-0.1, -0.05) is 13.8 Å². The molecule has 0 radical (unpaired) electrons. The van der Waals surface area contributed by atoms with Crippen LogP contribution in [0.1, 0.15) is 20.8 Å². The van der Waals surface area contributed by atoms with E-state index in [2.05, 4.69) is 10.6 Å². The molecule has 0 aliphatic carbocycles. The van der Waals surface area contributed by atoms with Crippen LogP contribution in [0.15, 0.2) is 0 Å². The van der Waals surface area contributed by atoms with Crippen molar-refractivity contribution in [2.45, 2.75) is 26.8 Å². The summed E-state index contributed by atoms with van der Waals surface area (Å²) in [7, 11) is 0. The Bertz CT molecular complexity index is 204. The largest absolute Gasteiger partial charge is 0.480 e. The van der Waals surface area contributed by atoms with Gasteiger partial charge in [-0.05, 0) is 12.5 Å². The lowest BCUT2D eigenvalue weighted by atomic mass is 10.2. The third-order valence-corrected chi connectivity index (χ3v) is 1.58. The summed E-state index contributed by atoms with van der Waals surface area (Å²) in [5, 5.41) is 14.1. The second-order valence-electron chi connectivity index (χ2n) is 3.64. The molecule has 1 unspecified atom stereocenters. The van der Waals surface area contributed by atoms with Crippen LogP contribution in [0, 0.1) is 5.92 Å². The number of hydrogen-bond donors (Lipinski definition) is 3. The first-order valence-corrected chi connectivity index (χ1v) is 4.64. The Morgan fingerprint density at radius 1 is 1.29 bits per heavy atom. The molecule has 0 saturated carbocycles. The molecule has 0 aromatic heterocycles. The number of carbonyl (C=O) groups excluding carboxylic acids is 1. The van der Waals surface area contributed by atoms with E-state index in [1.54, 1.807) is 0 Å². The zero-order chi connectivity index (χ0) is 11.1. The second-order valence-corrected chi connectivity index (χ2v) is 3.64. The highest BCUT2D eigenvalue weighted by molar-refractivity contribution is 5.82. The summed E-state index contributed by atoms with van der Waals surface area (Å²) in [4.78, 5) is 21.3. The summed E-state index contributed by atoms with van der Waals surface area (Å²) in [6.07, 6.45) is 0. The van der Waals surface area contributed by atoms with E-state index in [4.69, 9.17) is 5.11 Å². The Morgan fingerprint density at radius 2 is 1.86 bits per heavy atom. The topological polar surface area (TPSA) is 78.4 Å². The fourth-order valence-electron chi connectivity index (χ4n) is 0.962. The molecule has 5 nitrogen and oxygen atoms in total. The van der Waals surface area contributed by atoms with Crippen LogP contribution in [0.25, 0.3) is 0 Å². The molecule has 0 heterocycles. The van der Waals surface area contributed by atoms with Crippen molar-refractivity contribution in [1.29, 1.82) is 0 Å². The van der Waals surface area contributed by atoms with E-state index in [-0.39, 0.29) is 12.5 Å². The predicted molar refractivity (Wildman–Crippen MR) is 52.9 cm³/mol. The molecule has 0 fully saturated rings. The number of carboxylic acids is 1. The monoisotopic (exact) mass is 202 g/mol. The van der Waals surface area contributed by atoms with Gasteiger partial charge in [0.15, 0.2) is 0 Å². The van der Waals surface area contributed by atoms with Gasteiger partial charge in [0.05, 0.1) is 0 Å². The quantitative estimate of drug-likeness (QED) is 0.558. The summed E-state index contributed by atoms with van der Waals surface area (Å²) < 4.78 is 0. The smallest absolute Gasteiger partial charge is 0.327 e. The first kappa shape index (κ1) is 12.9. The first-order chi connectivity index (χ1) is 6.43. The van der Waals surface area contributed by atoms with Gasteiger partial charge in [0, 0.05) is 13.5 Å². The Hall–Kier alpha value is -1.10. The van der Waals surface area contributed by atoms with Crippen LogP contribution in [-0.2, 0) is 9.59 Å². The highest BCUT2D eigenvalue weighted by Gasteiger charge is 2.17. The summed E-state index contributed by atoms with van der Waals surface area (Å²) in [6, 6.07) is -0.841. The molecule has 14 heavy (non-hydrogen) atoms. The first-order valence-electron chi connectivity index (χ1n) is 4.64. The van der Waals surface area contributed by atoms with Gasteiger partial charge in [0.1, 0.15) is 6.04 Å². The van der Waals surface area contributed by atoms with E-state index >= 15 is 0 Å². The van der Waals surface area contributed by atoms with Crippen LogP contribution in [0.4, 0.5) is 0 Å². The van der Waals surface area contributed by atoms with E-state index in [1.807, 2.05) is 13.8 Å². The molecule has 0 aromatic rings. The minimum atomic E-state index is -1.02. The van der Waals surface area contributed by atoms with Crippen LogP contribution in [-0.4, -0.2) is 36.1 Å². The van der Waals surface area contributed by atoms with Crippen molar-refractivity contribution in [3.63, 3.8) is 0 Å². The predicted octanol–water partition coefficient (Wildman–Crippen LogP) is -0.179. The minimum absolute atomic E-state index is 0.257. The SMILES string of the molecule is CC(=O)NC(CNCC(C)C)C(=O)O. The molecule has 0 aliphatic rings. The van der Waals surface area contributed by atoms with Crippen molar-refractivity contribution < 1.29 is 14.7 Å². The molecule has 5 heteroatoms. The molecule has 82 valence electrons. The van der Waals surface area contributed by atoms with Crippen molar-refractivity contribution in [2.24, 2.45) is 5.92 Å². The third-order valence-electron chi connectivity index (χ3n) is 1.58.